The topological polar surface area (TPSA) is 8.17 Å². The molecule has 8 aromatic rings. The van der Waals surface area contributed by atoms with Gasteiger partial charge < -0.3 is 9.47 Å². The van der Waals surface area contributed by atoms with E-state index < -0.39 is 0 Å². The fourth-order valence-electron chi connectivity index (χ4n) is 6.25. The van der Waals surface area contributed by atoms with Gasteiger partial charge in [0, 0.05) is 33.2 Å². The quantitative estimate of drug-likeness (QED) is 0.212. The number of benzene rings is 7. The predicted octanol–water partition coefficient (Wildman–Crippen LogP) is 11.1. The van der Waals surface area contributed by atoms with E-state index in [2.05, 4.69) is 179 Å². The average molecular weight is 537 g/mol. The Kier molecular flexibility index (Phi) is 5.82. The standard InChI is InChI=1S/C40H28N2/c1-3-14-29(15-4-1)30-17-13-20-33(26-30)41(32-18-5-2-6-19-32)40-28-34(27-31-16-7-8-21-35(31)40)42-38-24-11-9-22-36(38)37-23-10-12-25-39(37)42/h1-28H. The van der Waals surface area contributed by atoms with Crippen LogP contribution in [0.2, 0.25) is 0 Å². The van der Waals surface area contributed by atoms with E-state index in [0.29, 0.717) is 0 Å². The highest BCUT2D eigenvalue weighted by atomic mass is 15.1. The minimum Gasteiger partial charge on any atom is -0.310 e. The Morgan fingerprint density at radius 3 is 1.64 bits per heavy atom. The van der Waals surface area contributed by atoms with Crippen LogP contribution in [0.3, 0.4) is 0 Å². The summed E-state index contributed by atoms with van der Waals surface area (Å²) < 4.78 is 2.41. The van der Waals surface area contributed by atoms with Crippen LogP contribution < -0.4 is 4.90 Å². The first-order valence-corrected chi connectivity index (χ1v) is 14.4. The zero-order valence-electron chi connectivity index (χ0n) is 23.1. The van der Waals surface area contributed by atoms with Crippen molar-refractivity contribution in [1.82, 2.24) is 4.57 Å². The van der Waals surface area contributed by atoms with Gasteiger partial charge in [0.05, 0.1) is 16.7 Å². The molecule has 0 atom stereocenters. The van der Waals surface area contributed by atoms with Gasteiger partial charge in [0.25, 0.3) is 0 Å². The van der Waals surface area contributed by atoms with Crippen molar-refractivity contribution in [1.29, 1.82) is 0 Å². The van der Waals surface area contributed by atoms with Crippen LogP contribution in [0.25, 0.3) is 49.4 Å². The van der Waals surface area contributed by atoms with Gasteiger partial charge in [-0.15, -0.1) is 0 Å². The summed E-state index contributed by atoms with van der Waals surface area (Å²) in [7, 11) is 0. The molecule has 2 nitrogen and oxygen atoms in total. The summed E-state index contributed by atoms with van der Waals surface area (Å²) in [4.78, 5) is 2.39. The number of para-hydroxylation sites is 3. The molecule has 0 unspecified atom stereocenters. The summed E-state index contributed by atoms with van der Waals surface area (Å²) >= 11 is 0. The van der Waals surface area contributed by atoms with Gasteiger partial charge in [-0.2, -0.15) is 0 Å². The van der Waals surface area contributed by atoms with Gasteiger partial charge in [0.1, 0.15) is 0 Å². The lowest BCUT2D eigenvalue weighted by Crippen LogP contribution is -2.11. The lowest BCUT2D eigenvalue weighted by molar-refractivity contribution is 1.18. The van der Waals surface area contributed by atoms with E-state index in [-0.39, 0.29) is 0 Å². The van der Waals surface area contributed by atoms with Crippen LogP contribution >= 0.6 is 0 Å². The molecular formula is C40H28N2. The SMILES string of the molecule is c1ccc(-c2cccc(N(c3ccccc3)c3cc(-n4c5ccccc5c5ccccc54)cc4ccccc34)c2)cc1. The Labute approximate surface area is 245 Å². The first-order chi connectivity index (χ1) is 20.8. The maximum atomic E-state index is 2.41. The van der Waals surface area contributed by atoms with E-state index in [1.165, 1.54) is 43.7 Å². The van der Waals surface area contributed by atoms with Gasteiger partial charge in [0.2, 0.25) is 0 Å². The Morgan fingerprint density at radius 2 is 0.929 bits per heavy atom. The third kappa shape index (κ3) is 4.05. The second kappa shape index (κ2) is 10.1. The molecule has 0 saturated carbocycles. The van der Waals surface area contributed by atoms with Gasteiger partial charge in [-0.1, -0.05) is 121 Å². The van der Waals surface area contributed by atoms with Crippen molar-refractivity contribution in [3.8, 4) is 16.8 Å². The largest absolute Gasteiger partial charge is 0.310 e. The Morgan fingerprint density at radius 1 is 0.381 bits per heavy atom. The molecule has 8 rings (SSSR count). The monoisotopic (exact) mass is 536 g/mol. The Hall–Kier alpha value is -5.60. The Bertz CT molecular complexity index is 2140. The third-order valence-electron chi connectivity index (χ3n) is 8.13. The van der Waals surface area contributed by atoms with E-state index in [1.54, 1.807) is 0 Å². The van der Waals surface area contributed by atoms with Gasteiger partial charge in [-0.05, 0) is 65.0 Å². The smallest absolute Gasteiger partial charge is 0.0560 e. The molecule has 0 aliphatic carbocycles. The van der Waals surface area contributed by atoms with E-state index in [1.807, 2.05) is 0 Å². The van der Waals surface area contributed by atoms with Gasteiger partial charge >= 0.3 is 0 Å². The normalized spacial score (nSPS) is 11.3. The number of anilines is 3. The van der Waals surface area contributed by atoms with Gasteiger partial charge in [-0.25, -0.2) is 0 Å². The van der Waals surface area contributed by atoms with Crippen molar-refractivity contribution >= 4 is 49.6 Å². The summed E-state index contributed by atoms with van der Waals surface area (Å²) in [5, 5.41) is 4.93. The summed E-state index contributed by atoms with van der Waals surface area (Å²) in [6.45, 7) is 0. The van der Waals surface area contributed by atoms with Gasteiger partial charge in [-0.3, -0.25) is 0 Å². The molecule has 0 spiro atoms. The zero-order valence-corrected chi connectivity index (χ0v) is 23.1. The third-order valence-corrected chi connectivity index (χ3v) is 8.13. The molecule has 1 aromatic heterocycles. The molecule has 0 N–H and O–H groups in total. The molecule has 198 valence electrons. The lowest BCUT2D eigenvalue weighted by Gasteiger charge is -2.28. The maximum absolute atomic E-state index is 2.41. The van der Waals surface area contributed by atoms with Crippen molar-refractivity contribution in [2.24, 2.45) is 0 Å². The van der Waals surface area contributed by atoms with Crippen LogP contribution in [0.4, 0.5) is 17.1 Å². The van der Waals surface area contributed by atoms with Crippen LogP contribution in [0, 0.1) is 0 Å². The van der Waals surface area contributed by atoms with E-state index in [0.717, 1.165) is 22.7 Å². The highest BCUT2D eigenvalue weighted by Crippen LogP contribution is 2.42. The summed E-state index contributed by atoms with van der Waals surface area (Å²) in [5.74, 6) is 0. The fraction of sp³-hybridized carbons (Fsp3) is 0. The average Bonchev–Trinajstić information content (AvgIpc) is 3.40. The summed E-state index contributed by atoms with van der Waals surface area (Å²) in [6.07, 6.45) is 0. The summed E-state index contributed by atoms with van der Waals surface area (Å²) in [6, 6.07) is 60.9. The van der Waals surface area contributed by atoms with Crippen LogP contribution in [-0.4, -0.2) is 4.57 Å². The van der Waals surface area contributed by atoms with Crippen LogP contribution in [0.5, 0.6) is 0 Å². The molecule has 0 amide bonds. The molecule has 0 radical (unpaired) electrons. The first-order valence-electron chi connectivity index (χ1n) is 14.4. The minimum absolute atomic E-state index is 1.12. The number of aromatic nitrogens is 1. The molecule has 42 heavy (non-hydrogen) atoms. The first kappa shape index (κ1) is 24.2. The highest BCUT2D eigenvalue weighted by molar-refractivity contribution is 6.10. The molecule has 0 bridgehead atoms. The van der Waals surface area contributed by atoms with Crippen molar-refractivity contribution in [3.05, 3.63) is 170 Å². The molecule has 1 heterocycles. The molecule has 7 aromatic carbocycles. The molecule has 0 aliphatic heterocycles. The van der Waals surface area contributed by atoms with Crippen molar-refractivity contribution in [2.45, 2.75) is 0 Å². The van der Waals surface area contributed by atoms with E-state index >= 15 is 0 Å². The van der Waals surface area contributed by atoms with Crippen molar-refractivity contribution < 1.29 is 0 Å². The highest BCUT2D eigenvalue weighted by Gasteiger charge is 2.19. The second-order valence-corrected chi connectivity index (χ2v) is 10.6. The van der Waals surface area contributed by atoms with E-state index in [4.69, 9.17) is 0 Å². The summed E-state index contributed by atoms with van der Waals surface area (Å²) in [5.41, 5.74) is 9.32. The number of fused-ring (bicyclic) bond motifs is 4. The number of hydrogen-bond donors (Lipinski definition) is 0. The van der Waals surface area contributed by atoms with Crippen LogP contribution in [0.1, 0.15) is 0 Å². The maximum Gasteiger partial charge on any atom is 0.0560 e. The predicted molar refractivity (Wildman–Crippen MR) is 178 cm³/mol. The number of hydrogen-bond acceptors (Lipinski definition) is 1. The second-order valence-electron chi connectivity index (χ2n) is 10.6. The zero-order chi connectivity index (χ0) is 27.9. The molecule has 0 fully saturated rings. The molecule has 0 saturated heterocycles. The number of nitrogens with zero attached hydrogens (tertiary/aromatic N) is 2. The molecule has 2 heteroatoms. The lowest BCUT2D eigenvalue weighted by atomic mass is 10.0. The van der Waals surface area contributed by atoms with Crippen LogP contribution in [0.15, 0.2) is 170 Å². The van der Waals surface area contributed by atoms with Crippen molar-refractivity contribution in [2.75, 3.05) is 4.90 Å². The van der Waals surface area contributed by atoms with Crippen molar-refractivity contribution in [3.63, 3.8) is 0 Å². The minimum atomic E-state index is 1.12. The number of rotatable bonds is 5. The molecule has 0 aliphatic rings. The Balaban J connectivity index is 1.42. The van der Waals surface area contributed by atoms with E-state index in [9.17, 15) is 0 Å². The fourth-order valence-corrected chi connectivity index (χ4v) is 6.25. The van der Waals surface area contributed by atoms with Gasteiger partial charge in [0.15, 0.2) is 0 Å². The molecular weight excluding hydrogens is 508 g/mol. The van der Waals surface area contributed by atoms with Crippen LogP contribution in [-0.2, 0) is 0 Å².